The number of benzene rings is 2. The maximum absolute atomic E-state index is 12.8. The highest BCUT2D eigenvalue weighted by molar-refractivity contribution is 6.05. The Labute approximate surface area is 163 Å². The second-order valence-corrected chi connectivity index (χ2v) is 6.53. The predicted molar refractivity (Wildman–Crippen MR) is 104 cm³/mol. The van der Waals surface area contributed by atoms with Gasteiger partial charge in [0.2, 0.25) is 11.8 Å². The summed E-state index contributed by atoms with van der Waals surface area (Å²) >= 11 is 0. The molecular formula is C22H22N2O4. The van der Waals surface area contributed by atoms with Crippen LogP contribution < -0.4 is 5.32 Å². The summed E-state index contributed by atoms with van der Waals surface area (Å²) in [5.41, 5.74) is 1.35. The first-order valence-electron chi connectivity index (χ1n) is 9.05. The third kappa shape index (κ3) is 4.46. The zero-order valence-corrected chi connectivity index (χ0v) is 15.4. The molecule has 0 saturated carbocycles. The Morgan fingerprint density at radius 3 is 2.39 bits per heavy atom. The molecule has 2 aromatic rings. The van der Waals surface area contributed by atoms with Crippen molar-refractivity contribution in [3.63, 3.8) is 0 Å². The van der Waals surface area contributed by atoms with E-state index >= 15 is 0 Å². The summed E-state index contributed by atoms with van der Waals surface area (Å²) in [5.74, 6) is -2.51. The fourth-order valence-corrected chi connectivity index (χ4v) is 3.03. The third-order valence-corrected chi connectivity index (χ3v) is 4.53. The fourth-order valence-electron chi connectivity index (χ4n) is 3.03. The van der Waals surface area contributed by atoms with Gasteiger partial charge in [0.15, 0.2) is 5.92 Å². The van der Waals surface area contributed by atoms with E-state index in [0.717, 1.165) is 5.56 Å². The molecule has 6 nitrogen and oxygen atoms in total. The number of nitrogens with one attached hydrogen (secondary N) is 1. The zero-order valence-electron chi connectivity index (χ0n) is 15.4. The zero-order chi connectivity index (χ0) is 19.9. The summed E-state index contributed by atoms with van der Waals surface area (Å²) in [6.45, 7) is 4.51. The number of hydrogen-bond acceptors (Lipinski definition) is 4. The Morgan fingerprint density at radius 2 is 1.79 bits per heavy atom. The summed E-state index contributed by atoms with van der Waals surface area (Å²) in [6, 6.07) is 17.3. The molecule has 2 unspecified atom stereocenters. The summed E-state index contributed by atoms with van der Waals surface area (Å²) in [6.07, 6.45) is 1.63. The Kier molecular flexibility index (Phi) is 6.22. The van der Waals surface area contributed by atoms with E-state index in [1.54, 1.807) is 41.3 Å². The van der Waals surface area contributed by atoms with Crippen molar-refractivity contribution in [1.29, 1.82) is 0 Å². The Morgan fingerprint density at radius 1 is 1.14 bits per heavy atom. The largest absolute Gasteiger partial charge is 0.460 e. The van der Waals surface area contributed by atoms with Gasteiger partial charge in [-0.05, 0) is 11.1 Å². The van der Waals surface area contributed by atoms with Gasteiger partial charge >= 0.3 is 5.97 Å². The smallest absolute Gasteiger partial charge is 0.323 e. The molecule has 1 aliphatic rings. The van der Waals surface area contributed by atoms with Gasteiger partial charge in [-0.25, -0.2) is 0 Å². The number of nitrogens with zero attached hydrogens (tertiary/aromatic N) is 1. The number of hydrogen-bond donors (Lipinski definition) is 1. The third-order valence-electron chi connectivity index (χ3n) is 4.53. The first-order chi connectivity index (χ1) is 13.6. The van der Waals surface area contributed by atoms with Crippen LogP contribution >= 0.6 is 0 Å². The Balaban J connectivity index is 1.68. The number of likely N-dealkylation sites (tertiary alicyclic amines) is 1. The van der Waals surface area contributed by atoms with Gasteiger partial charge < -0.3 is 15.0 Å². The van der Waals surface area contributed by atoms with E-state index in [9.17, 15) is 14.4 Å². The van der Waals surface area contributed by atoms with Crippen molar-refractivity contribution in [1.82, 2.24) is 10.2 Å². The summed E-state index contributed by atoms with van der Waals surface area (Å²) < 4.78 is 5.38. The van der Waals surface area contributed by atoms with E-state index in [0.29, 0.717) is 18.7 Å². The normalized spacial score (nSPS) is 16.6. The molecule has 144 valence electrons. The van der Waals surface area contributed by atoms with Gasteiger partial charge in [0, 0.05) is 6.54 Å². The lowest BCUT2D eigenvalue weighted by Crippen LogP contribution is -2.64. The van der Waals surface area contributed by atoms with Gasteiger partial charge in [0.25, 0.3) is 0 Å². The van der Waals surface area contributed by atoms with Crippen molar-refractivity contribution in [2.75, 3.05) is 13.1 Å². The van der Waals surface area contributed by atoms with Gasteiger partial charge in [0.05, 0.1) is 6.54 Å². The first-order valence-corrected chi connectivity index (χ1v) is 9.05. The molecule has 1 aliphatic heterocycles. The predicted octanol–water partition coefficient (Wildman–Crippen LogP) is 2.03. The molecule has 3 rings (SSSR count). The molecule has 0 radical (unpaired) electrons. The standard InChI is InChI=1S/C22H22N2O4/c1-2-13-24-14-18(21(24)26)23-20(25)19(17-11-7-4-8-12-17)22(27)28-15-16-9-5-3-6-10-16/h2-12,18-19H,1,13-15H2,(H,23,25). The fraction of sp³-hybridized carbons (Fsp3) is 0.227. The quantitative estimate of drug-likeness (QED) is 0.330. The number of rotatable bonds is 8. The van der Waals surface area contributed by atoms with Crippen molar-refractivity contribution < 1.29 is 19.1 Å². The van der Waals surface area contributed by atoms with Crippen LogP contribution in [0.1, 0.15) is 17.0 Å². The molecule has 1 fully saturated rings. The number of ether oxygens (including phenoxy) is 1. The van der Waals surface area contributed by atoms with Crippen LogP contribution in [0.2, 0.25) is 0 Å². The van der Waals surface area contributed by atoms with E-state index in [2.05, 4.69) is 11.9 Å². The maximum atomic E-state index is 12.8. The van der Waals surface area contributed by atoms with Crippen LogP contribution in [0.25, 0.3) is 0 Å². The second kappa shape index (κ2) is 8.99. The van der Waals surface area contributed by atoms with Crippen LogP contribution in [0, 0.1) is 0 Å². The Hall–Kier alpha value is -3.41. The van der Waals surface area contributed by atoms with Crippen LogP contribution in [0.15, 0.2) is 73.3 Å². The summed E-state index contributed by atoms with van der Waals surface area (Å²) in [4.78, 5) is 39.2. The van der Waals surface area contributed by atoms with Crippen LogP contribution in [0.5, 0.6) is 0 Å². The van der Waals surface area contributed by atoms with Crippen molar-refractivity contribution >= 4 is 17.8 Å². The highest BCUT2D eigenvalue weighted by Gasteiger charge is 2.40. The molecular weight excluding hydrogens is 356 g/mol. The first kappa shape index (κ1) is 19.4. The highest BCUT2D eigenvalue weighted by Crippen LogP contribution is 2.20. The lowest BCUT2D eigenvalue weighted by molar-refractivity contribution is -0.153. The van der Waals surface area contributed by atoms with E-state index in [1.165, 1.54) is 0 Å². The minimum Gasteiger partial charge on any atom is -0.460 e. The minimum absolute atomic E-state index is 0.0752. The van der Waals surface area contributed by atoms with E-state index in [4.69, 9.17) is 4.74 Å². The Bertz CT molecular complexity index is 851. The molecule has 6 heteroatoms. The van der Waals surface area contributed by atoms with Crippen molar-refractivity contribution in [3.05, 3.63) is 84.4 Å². The number of β-lactam (4-membered cyclic amide) rings is 1. The molecule has 1 saturated heterocycles. The molecule has 1 heterocycles. The molecule has 0 aromatic heterocycles. The van der Waals surface area contributed by atoms with Gasteiger partial charge in [-0.1, -0.05) is 66.7 Å². The molecule has 2 amide bonds. The minimum atomic E-state index is -1.13. The maximum Gasteiger partial charge on any atom is 0.323 e. The molecule has 0 bridgehead atoms. The summed E-state index contributed by atoms with van der Waals surface area (Å²) in [5, 5.41) is 2.67. The van der Waals surface area contributed by atoms with Crippen molar-refractivity contribution in [3.8, 4) is 0 Å². The molecule has 2 aromatic carbocycles. The van der Waals surface area contributed by atoms with Crippen molar-refractivity contribution in [2.45, 2.75) is 18.6 Å². The SMILES string of the molecule is C=CCN1CC(NC(=O)C(C(=O)OCc2ccccc2)c2ccccc2)C1=O. The van der Waals surface area contributed by atoms with Gasteiger partial charge in [0.1, 0.15) is 12.6 Å². The van der Waals surface area contributed by atoms with Gasteiger partial charge in [-0.3, -0.25) is 14.4 Å². The number of esters is 1. The lowest BCUT2D eigenvalue weighted by Gasteiger charge is -2.38. The molecule has 1 N–H and O–H groups in total. The van der Waals surface area contributed by atoms with E-state index in [1.807, 2.05) is 30.3 Å². The molecule has 0 spiro atoms. The van der Waals surface area contributed by atoms with Crippen molar-refractivity contribution in [2.24, 2.45) is 0 Å². The lowest BCUT2D eigenvalue weighted by atomic mass is 9.97. The van der Waals surface area contributed by atoms with E-state index in [-0.39, 0.29) is 12.5 Å². The highest BCUT2D eigenvalue weighted by atomic mass is 16.5. The number of amides is 2. The average Bonchev–Trinajstić information content (AvgIpc) is 2.73. The van der Waals surface area contributed by atoms with Crippen LogP contribution in [0.3, 0.4) is 0 Å². The number of carbonyl (C=O) groups excluding carboxylic acids is 3. The van der Waals surface area contributed by atoms with Gasteiger partial charge in [-0.15, -0.1) is 6.58 Å². The van der Waals surface area contributed by atoms with Crippen LogP contribution in [0.4, 0.5) is 0 Å². The summed E-state index contributed by atoms with van der Waals surface area (Å²) in [7, 11) is 0. The monoisotopic (exact) mass is 378 g/mol. The molecule has 0 aliphatic carbocycles. The van der Waals surface area contributed by atoms with Crippen LogP contribution in [-0.2, 0) is 25.7 Å². The van der Waals surface area contributed by atoms with Gasteiger partial charge in [-0.2, -0.15) is 0 Å². The molecule has 2 atom stereocenters. The average molecular weight is 378 g/mol. The second-order valence-electron chi connectivity index (χ2n) is 6.53. The van der Waals surface area contributed by atoms with Crippen LogP contribution in [-0.4, -0.2) is 41.8 Å². The molecule has 28 heavy (non-hydrogen) atoms. The number of carbonyl (C=O) groups is 3. The van der Waals surface area contributed by atoms with E-state index < -0.39 is 23.8 Å². The topological polar surface area (TPSA) is 75.7 Å².